The molecular formula is C14H26N2. The molecule has 0 spiro atoms. The van der Waals surface area contributed by atoms with Crippen LogP contribution in [0.5, 0.6) is 0 Å². The van der Waals surface area contributed by atoms with E-state index in [2.05, 4.69) is 43.7 Å². The largest absolute Gasteiger partial charge is 0.272 e. The highest BCUT2D eigenvalue weighted by Crippen LogP contribution is 2.10. The zero-order valence-corrected chi connectivity index (χ0v) is 11.2. The number of nitrogens with zero attached hydrogens (tertiary/aromatic N) is 2. The van der Waals surface area contributed by atoms with Crippen LogP contribution in [0.2, 0.25) is 0 Å². The summed E-state index contributed by atoms with van der Waals surface area (Å²) in [6.07, 6.45) is 9.40. The van der Waals surface area contributed by atoms with E-state index in [1.165, 1.54) is 31.2 Å². The van der Waals surface area contributed by atoms with Crippen LogP contribution in [0.3, 0.4) is 0 Å². The first kappa shape index (κ1) is 13.3. The Morgan fingerprint density at radius 1 is 1.12 bits per heavy atom. The molecule has 0 saturated heterocycles. The average Bonchev–Trinajstić information content (AvgIpc) is 2.59. The molecule has 1 heterocycles. The second-order valence-corrected chi connectivity index (χ2v) is 5.60. The fraction of sp³-hybridized carbons (Fsp3) is 0.786. The molecule has 16 heavy (non-hydrogen) atoms. The van der Waals surface area contributed by atoms with Crippen LogP contribution in [-0.4, -0.2) is 9.78 Å². The van der Waals surface area contributed by atoms with Gasteiger partial charge in [-0.2, -0.15) is 5.10 Å². The molecule has 0 fully saturated rings. The predicted molar refractivity (Wildman–Crippen MR) is 69.5 cm³/mol. The Bertz CT molecular complexity index is 287. The number of unbranched alkanes of at least 4 members (excludes halogenated alkanes) is 1. The maximum atomic E-state index is 4.39. The van der Waals surface area contributed by atoms with Gasteiger partial charge in [0, 0.05) is 12.7 Å². The quantitative estimate of drug-likeness (QED) is 0.640. The van der Waals surface area contributed by atoms with Crippen molar-refractivity contribution in [2.45, 2.75) is 59.9 Å². The molecule has 0 aromatic carbocycles. The van der Waals surface area contributed by atoms with Gasteiger partial charge in [-0.05, 0) is 30.2 Å². The molecule has 0 radical (unpaired) electrons. The van der Waals surface area contributed by atoms with E-state index in [4.69, 9.17) is 0 Å². The Kier molecular flexibility index (Phi) is 5.58. The fourth-order valence-corrected chi connectivity index (χ4v) is 1.89. The van der Waals surface area contributed by atoms with Crippen molar-refractivity contribution in [1.29, 1.82) is 0 Å². The molecule has 0 atom stereocenters. The van der Waals surface area contributed by atoms with Crippen molar-refractivity contribution in [1.82, 2.24) is 9.78 Å². The van der Waals surface area contributed by atoms with Crippen LogP contribution < -0.4 is 0 Å². The lowest BCUT2D eigenvalue weighted by molar-refractivity contribution is 0.482. The summed E-state index contributed by atoms with van der Waals surface area (Å²) in [4.78, 5) is 0. The molecule has 2 heteroatoms. The molecule has 0 aliphatic rings. The van der Waals surface area contributed by atoms with Crippen LogP contribution in [0, 0.1) is 11.8 Å². The molecule has 0 amide bonds. The number of hydrogen-bond donors (Lipinski definition) is 0. The maximum Gasteiger partial charge on any atom is 0.0521 e. The van der Waals surface area contributed by atoms with Crippen molar-refractivity contribution in [3.05, 3.63) is 18.0 Å². The van der Waals surface area contributed by atoms with Gasteiger partial charge in [0.05, 0.1) is 6.20 Å². The van der Waals surface area contributed by atoms with Crippen molar-refractivity contribution in [3.63, 3.8) is 0 Å². The van der Waals surface area contributed by atoms with E-state index < -0.39 is 0 Å². The van der Waals surface area contributed by atoms with E-state index in [-0.39, 0.29) is 0 Å². The van der Waals surface area contributed by atoms with Gasteiger partial charge in [0.15, 0.2) is 0 Å². The zero-order chi connectivity index (χ0) is 12.0. The van der Waals surface area contributed by atoms with Gasteiger partial charge in [-0.25, -0.2) is 0 Å². The Hall–Kier alpha value is -0.790. The lowest BCUT2D eigenvalue weighted by Gasteiger charge is -2.04. The number of aryl methyl sites for hydroxylation is 1. The van der Waals surface area contributed by atoms with Gasteiger partial charge < -0.3 is 0 Å². The third-order valence-corrected chi connectivity index (χ3v) is 2.74. The van der Waals surface area contributed by atoms with Crippen LogP contribution in [0.1, 0.15) is 52.5 Å². The highest BCUT2D eigenvalue weighted by molar-refractivity contribution is 5.03. The Morgan fingerprint density at radius 2 is 1.88 bits per heavy atom. The van der Waals surface area contributed by atoms with E-state index in [0.717, 1.165) is 12.5 Å². The minimum absolute atomic E-state index is 0.675. The lowest BCUT2D eigenvalue weighted by atomic mass is 10.0. The van der Waals surface area contributed by atoms with E-state index in [9.17, 15) is 0 Å². The third kappa shape index (κ3) is 5.34. The first-order valence-electron chi connectivity index (χ1n) is 6.59. The number of rotatable bonds is 7. The van der Waals surface area contributed by atoms with E-state index in [0.29, 0.717) is 5.92 Å². The molecule has 0 saturated carbocycles. The molecule has 0 bridgehead atoms. The summed E-state index contributed by atoms with van der Waals surface area (Å²) in [6.45, 7) is 10.1. The molecule has 2 nitrogen and oxygen atoms in total. The van der Waals surface area contributed by atoms with Crippen molar-refractivity contribution in [3.8, 4) is 0 Å². The molecular weight excluding hydrogens is 196 g/mol. The molecule has 92 valence electrons. The van der Waals surface area contributed by atoms with Gasteiger partial charge in [0.1, 0.15) is 0 Å². The van der Waals surface area contributed by atoms with Crippen LogP contribution in [0.4, 0.5) is 0 Å². The predicted octanol–water partition coefficient (Wildman–Crippen LogP) is 3.91. The minimum Gasteiger partial charge on any atom is -0.272 e. The second kappa shape index (κ2) is 6.72. The molecule has 0 aliphatic heterocycles. The van der Waals surface area contributed by atoms with Crippen molar-refractivity contribution in [2.24, 2.45) is 11.8 Å². The third-order valence-electron chi connectivity index (χ3n) is 2.74. The standard InChI is InChI=1S/C14H26N2/c1-12(2)7-5-6-8-14-9-15-16(11-14)10-13(3)4/h9,11-13H,5-8,10H2,1-4H3. The van der Waals surface area contributed by atoms with Gasteiger partial charge in [0.25, 0.3) is 0 Å². The van der Waals surface area contributed by atoms with Crippen molar-refractivity contribution >= 4 is 0 Å². The maximum absolute atomic E-state index is 4.39. The molecule has 1 aromatic heterocycles. The number of hydrogen-bond acceptors (Lipinski definition) is 1. The molecule has 0 N–H and O–H groups in total. The van der Waals surface area contributed by atoms with E-state index in [1.807, 2.05) is 6.20 Å². The molecule has 0 unspecified atom stereocenters. The summed E-state index contributed by atoms with van der Waals surface area (Å²) in [5, 5.41) is 4.39. The summed E-state index contributed by atoms with van der Waals surface area (Å²) < 4.78 is 2.07. The SMILES string of the molecule is CC(C)CCCCc1cnn(CC(C)C)c1. The van der Waals surface area contributed by atoms with Crippen LogP contribution in [0.25, 0.3) is 0 Å². The summed E-state index contributed by atoms with van der Waals surface area (Å²) in [6, 6.07) is 0. The molecule has 1 rings (SSSR count). The Balaban J connectivity index is 2.24. The minimum atomic E-state index is 0.675. The average molecular weight is 222 g/mol. The second-order valence-electron chi connectivity index (χ2n) is 5.60. The first-order chi connectivity index (χ1) is 7.58. The molecule has 0 aliphatic carbocycles. The van der Waals surface area contributed by atoms with Crippen LogP contribution >= 0.6 is 0 Å². The highest BCUT2D eigenvalue weighted by atomic mass is 15.3. The van der Waals surface area contributed by atoms with Gasteiger partial charge in [-0.15, -0.1) is 0 Å². The Labute approximate surface area is 100 Å². The summed E-state index contributed by atoms with van der Waals surface area (Å²) in [5.74, 6) is 1.51. The monoisotopic (exact) mass is 222 g/mol. The van der Waals surface area contributed by atoms with Crippen LogP contribution in [-0.2, 0) is 13.0 Å². The number of aromatic nitrogens is 2. The van der Waals surface area contributed by atoms with Crippen molar-refractivity contribution < 1.29 is 0 Å². The Morgan fingerprint density at radius 3 is 2.50 bits per heavy atom. The first-order valence-corrected chi connectivity index (χ1v) is 6.59. The highest BCUT2D eigenvalue weighted by Gasteiger charge is 2.01. The van der Waals surface area contributed by atoms with Crippen molar-refractivity contribution in [2.75, 3.05) is 0 Å². The zero-order valence-electron chi connectivity index (χ0n) is 11.2. The van der Waals surface area contributed by atoms with Gasteiger partial charge in [-0.1, -0.05) is 40.5 Å². The summed E-state index contributed by atoms with van der Waals surface area (Å²) in [5.41, 5.74) is 1.39. The summed E-state index contributed by atoms with van der Waals surface area (Å²) >= 11 is 0. The summed E-state index contributed by atoms with van der Waals surface area (Å²) in [7, 11) is 0. The smallest absolute Gasteiger partial charge is 0.0521 e. The van der Waals surface area contributed by atoms with E-state index >= 15 is 0 Å². The lowest BCUT2D eigenvalue weighted by Crippen LogP contribution is -2.04. The van der Waals surface area contributed by atoms with E-state index in [1.54, 1.807) is 0 Å². The van der Waals surface area contributed by atoms with Crippen LogP contribution in [0.15, 0.2) is 12.4 Å². The van der Waals surface area contributed by atoms with Gasteiger partial charge in [0.2, 0.25) is 0 Å². The molecule has 1 aromatic rings. The van der Waals surface area contributed by atoms with Gasteiger partial charge in [-0.3, -0.25) is 4.68 Å². The van der Waals surface area contributed by atoms with Gasteiger partial charge >= 0.3 is 0 Å². The fourth-order valence-electron chi connectivity index (χ4n) is 1.89. The topological polar surface area (TPSA) is 17.8 Å². The normalized spacial score (nSPS) is 11.6.